The number of nitrogens with zero attached hydrogens (tertiary/aromatic N) is 6. The summed E-state index contributed by atoms with van der Waals surface area (Å²) in [6.07, 6.45) is 7.92. The summed E-state index contributed by atoms with van der Waals surface area (Å²) in [4.78, 5) is 29.6. The second kappa shape index (κ2) is 9.97. The number of hydrogen-bond acceptors (Lipinski definition) is 8. The van der Waals surface area contributed by atoms with Crippen molar-refractivity contribution in [2.24, 2.45) is 13.0 Å². The van der Waals surface area contributed by atoms with Crippen LogP contribution in [0.1, 0.15) is 63.5 Å². The topological polar surface area (TPSA) is 128 Å². The largest absolute Gasteiger partial charge is 0.487 e. The first-order valence-electron chi connectivity index (χ1n) is 11.9. The van der Waals surface area contributed by atoms with Crippen LogP contribution in [0.25, 0.3) is 11.4 Å². The number of carboxylic acids is 1. The van der Waals surface area contributed by atoms with E-state index in [1.54, 1.807) is 23.3 Å². The molecule has 0 unspecified atom stereocenters. The number of aliphatic carboxylic acids is 1. The van der Waals surface area contributed by atoms with Gasteiger partial charge in [0, 0.05) is 18.7 Å². The maximum atomic E-state index is 11.4. The molecule has 2 N–H and O–H groups in total. The van der Waals surface area contributed by atoms with E-state index in [0.717, 1.165) is 29.8 Å². The summed E-state index contributed by atoms with van der Waals surface area (Å²) in [6, 6.07) is 1.93. The fourth-order valence-electron chi connectivity index (χ4n) is 4.24. The highest BCUT2D eigenvalue weighted by atomic mass is 16.5. The van der Waals surface area contributed by atoms with Gasteiger partial charge in [-0.1, -0.05) is 20.8 Å². The third-order valence-corrected chi connectivity index (χ3v) is 6.34. The van der Waals surface area contributed by atoms with Crippen LogP contribution in [0.4, 0.5) is 5.95 Å². The van der Waals surface area contributed by atoms with Crippen LogP contribution in [-0.2, 0) is 23.8 Å². The van der Waals surface area contributed by atoms with Crippen molar-refractivity contribution in [2.45, 2.75) is 71.4 Å². The van der Waals surface area contributed by atoms with Crippen molar-refractivity contribution >= 4 is 11.9 Å². The SMILES string of the molecule is Cc1nc(-c2cnn(C)c2CNc2nccc(C(C)(C)C)n2)ncc1O[C@H]1CCC[C@H](C(=O)O)C1. The Morgan fingerprint density at radius 1 is 1.23 bits per heavy atom. The van der Waals surface area contributed by atoms with E-state index in [2.05, 4.69) is 51.1 Å². The second-order valence-electron chi connectivity index (χ2n) is 10.1. The highest BCUT2D eigenvalue weighted by Gasteiger charge is 2.28. The van der Waals surface area contributed by atoms with Crippen LogP contribution in [-0.4, -0.2) is 46.9 Å². The summed E-state index contributed by atoms with van der Waals surface area (Å²) in [7, 11) is 1.87. The number of carbonyl (C=O) groups is 1. The van der Waals surface area contributed by atoms with Crippen LogP contribution in [0, 0.1) is 12.8 Å². The average Bonchev–Trinajstić information content (AvgIpc) is 3.19. The fraction of sp³-hybridized carbons (Fsp3) is 0.520. The van der Waals surface area contributed by atoms with Gasteiger partial charge in [0.25, 0.3) is 0 Å². The lowest BCUT2D eigenvalue weighted by atomic mass is 9.87. The minimum Gasteiger partial charge on any atom is -0.487 e. The molecule has 0 aliphatic heterocycles. The lowest BCUT2D eigenvalue weighted by Gasteiger charge is -2.27. The minimum absolute atomic E-state index is 0.0710. The zero-order valence-electron chi connectivity index (χ0n) is 20.9. The maximum absolute atomic E-state index is 11.4. The summed E-state index contributed by atoms with van der Waals surface area (Å²) in [5, 5.41) is 17.0. The quantitative estimate of drug-likeness (QED) is 0.518. The van der Waals surface area contributed by atoms with Crippen molar-refractivity contribution in [2.75, 3.05) is 5.32 Å². The number of aromatic nitrogens is 6. The summed E-state index contributed by atoms with van der Waals surface area (Å²) in [5.41, 5.74) is 3.31. The van der Waals surface area contributed by atoms with Gasteiger partial charge in [-0.15, -0.1) is 0 Å². The van der Waals surface area contributed by atoms with Gasteiger partial charge >= 0.3 is 5.97 Å². The van der Waals surface area contributed by atoms with Gasteiger partial charge in [-0.2, -0.15) is 5.10 Å². The fourth-order valence-corrected chi connectivity index (χ4v) is 4.24. The Labute approximate surface area is 205 Å². The van der Waals surface area contributed by atoms with Crippen molar-refractivity contribution in [1.29, 1.82) is 0 Å². The van der Waals surface area contributed by atoms with Gasteiger partial charge in [0.15, 0.2) is 11.6 Å². The van der Waals surface area contributed by atoms with E-state index >= 15 is 0 Å². The van der Waals surface area contributed by atoms with Crippen LogP contribution in [0.2, 0.25) is 0 Å². The molecule has 1 fully saturated rings. The highest BCUT2D eigenvalue weighted by molar-refractivity contribution is 5.70. The van der Waals surface area contributed by atoms with E-state index in [0.29, 0.717) is 42.6 Å². The van der Waals surface area contributed by atoms with Crippen LogP contribution < -0.4 is 10.1 Å². The van der Waals surface area contributed by atoms with Gasteiger partial charge < -0.3 is 15.2 Å². The van der Waals surface area contributed by atoms with Crippen LogP contribution in [0.3, 0.4) is 0 Å². The molecule has 0 bridgehead atoms. The summed E-state index contributed by atoms with van der Waals surface area (Å²) >= 11 is 0. The molecule has 3 heterocycles. The van der Waals surface area contributed by atoms with Gasteiger partial charge in [-0.3, -0.25) is 9.48 Å². The number of hydrogen-bond donors (Lipinski definition) is 2. The van der Waals surface area contributed by atoms with Crippen LogP contribution in [0.5, 0.6) is 5.75 Å². The van der Waals surface area contributed by atoms with E-state index < -0.39 is 5.97 Å². The molecular weight excluding hydrogens is 446 g/mol. The van der Waals surface area contributed by atoms with Crippen LogP contribution in [0.15, 0.2) is 24.7 Å². The number of rotatable bonds is 7. The van der Waals surface area contributed by atoms with Gasteiger partial charge in [-0.05, 0) is 38.7 Å². The molecule has 186 valence electrons. The predicted octanol–water partition coefficient (Wildman–Crippen LogP) is 3.91. The second-order valence-corrected chi connectivity index (χ2v) is 10.1. The van der Waals surface area contributed by atoms with Crippen LogP contribution >= 0.6 is 0 Å². The summed E-state index contributed by atoms with van der Waals surface area (Å²) < 4.78 is 7.88. The normalized spacial score (nSPS) is 18.3. The number of aryl methyl sites for hydroxylation is 2. The van der Waals surface area contributed by atoms with Crippen molar-refractivity contribution in [3.63, 3.8) is 0 Å². The number of nitrogens with one attached hydrogen (secondary N) is 1. The molecule has 1 aliphatic rings. The Kier molecular flexibility index (Phi) is 7.00. The van der Waals surface area contributed by atoms with Crippen molar-refractivity contribution in [1.82, 2.24) is 29.7 Å². The first-order valence-corrected chi connectivity index (χ1v) is 11.9. The molecule has 1 saturated carbocycles. The molecule has 2 atom stereocenters. The number of anilines is 1. The third kappa shape index (κ3) is 5.75. The first kappa shape index (κ1) is 24.6. The minimum atomic E-state index is -0.755. The predicted molar refractivity (Wildman–Crippen MR) is 131 cm³/mol. The Balaban J connectivity index is 1.49. The van der Waals surface area contributed by atoms with Gasteiger partial charge in [0.05, 0.1) is 53.6 Å². The molecule has 0 aromatic carbocycles. The van der Waals surface area contributed by atoms with Crippen molar-refractivity contribution < 1.29 is 14.6 Å². The Bertz CT molecular complexity index is 1200. The molecule has 10 nitrogen and oxygen atoms in total. The van der Waals surface area contributed by atoms with Gasteiger partial charge in [0.1, 0.15) is 0 Å². The van der Waals surface area contributed by atoms with E-state index in [1.165, 1.54) is 0 Å². The molecular formula is C25H33N7O3. The Morgan fingerprint density at radius 3 is 2.74 bits per heavy atom. The monoisotopic (exact) mass is 479 g/mol. The van der Waals surface area contributed by atoms with E-state index in [9.17, 15) is 9.90 Å². The molecule has 0 saturated heterocycles. The lowest BCUT2D eigenvalue weighted by Crippen LogP contribution is -2.29. The standard InChI is InChI=1S/C25H33N7O3/c1-15-20(35-17-8-6-7-16(11-17)23(33)34)14-27-22(30-15)18-12-29-32(5)19(18)13-28-24-26-10-9-21(31-24)25(2,3)4/h9-10,12,14,16-17H,6-8,11,13H2,1-5H3,(H,33,34)(H,26,28,31)/t16-,17-/m0/s1. The molecule has 10 heteroatoms. The first-order chi connectivity index (χ1) is 16.6. The Hall–Kier alpha value is -3.56. The molecule has 1 aliphatic carbocycles. The van der Waals surface area contributed by atoms with E-state index in [-0.39, 0.29) is 17.4 Å². The molecule has 0 amide bonds. The zero-order chi connectivity index (χ0) is 25.2. The van der Waals surface area contributed by atoms with Crippen molar-refractivity contribution in [3.05, 3.63) is 41.7 Å². The molecule has 0 radical (unpaired) electrons. The Morgan fingerprint density at radius 2 is 2.03 bits per heavy atom. The summed E-state index contributed by atoms with van der Waals surface area (Å²) in [6.45, 7) is 8.68. The van der Waals surface area contributed by atoms with Gasteiger partial charge in [0.2, 0.25) is 5.95 Å². The average molecular weight is 480 g/mol. The zero-order valence-corrected chi connectivity index (χ0v) is 20.9. The highest BCUT2D eigenvalue weighted by Crippen LogP contribution is 2.30. The van der Waals surface area contributed by atoms with Crippen molar-refractivity contribution in [3.8, 4) is 17.1 Å². The smallest absolute Gasteiger partial charge is 0.306 e. The van der Waals surface area contributed by atoms with E-state index in [1.807, 2.05) is 20.0 Å². The molecule has 3 aromatic heterocycles. The number of carboxylic acid groups (broad SMARTS) is 1. The third-order valence-electron chi connectivity index (χ3n) is 6.34. The lowest BCUT2D eigenvalue weighted by molar-refractivity contribution is -0.143. The van der Waals surface area contributed by atoms with Gasteiger partial charge in [-0.25, -0.2) is 19.9 Å². The number of ether oxygens (including phenoxy) is 1. The molecule has 0 spiro atoms. The molecule has 35 heavy (non-hydrogen) atoms. The van der Waals surface area contributed by atoms with E-state index in [4.69, 9.17) is 4.74 Å². The maximum Gasteiger partial charge on any atom is 0.306 e. The molecule has 4 rings (SSSR count). The molecule has 3 aromatic rings. The summed E-state index contributed by atoms with van der Waals surface area (Å²) in [5.74, 6) is 0.581.